The third kappa shape index (κ3) is 5.44. The molecular formula is C21H33N7O4S. The predicted molar refractivity (Wildman–Crippen MR) is 123 cm³/mol. The van der Waals surface area contributed by atoms with Crippen molar-refractivity contribution in [2.75, 3.05) is 25.0 Å². The van der Waals surface area contributed by atoms with Gasteiger partial charge >= 0.3 is 0 Å². The second-order valence-corrected chi connectivity index (χ2v) is 10.0. The highest BCUT2D eigenvalue weighted by Gasteiger charge is 2.35. The molecule has 0 unspecified atom stereocenters. The maximum absolute atomic E-state index is 13.2. The first-order valence-electron chi connectivity index (χ1n) is 11.4. The number of nitrogens with one attached hydrogen (secondary N) is 2. The first-order valence-corrected chi connectivity index (χ1v) is 12.9. The number of piperidine rings is 1. The summed E-state index contributed by atoms with van der Waals surface area (Å²) < 4.78 is 31.0. The van der Waals surface area contributed by atoms with E-state index in [2.05, 4.69) is 20.8 Å². The van der Waals surface area contributed by atoms with E-state index < -0.39 is 15.9 Å². The molecule has 2 aromatic heterocycles. The quantitative estimate of drug-likeness (QED) is 0.562. The Morgan fingerprint density at radius 2 is 1.82 bits per heavy atom. The molecule has 0 aliphatic carbocycles. The van der Waals surface area contributed by atoms with Crippen LogP contribution in [-0.4, -0.2) is 63.7 Å². The van der Waals surface area contributed by atoms with Gasteiger partial charge in [-0.2, -0.15) is 14.5 Å². The Labute approximate surface area is 194 Å². The summed E-state index contributed by atoms with van der Waals surface area (Å²) in [7, 11) is -3.76. The summed E-state index contributed by atoms with van der Waals surface area (Å²) in [5, 5.41) is 14.1. The third-order valence-corrected chi connectivity index (χ3v) is 7.66. The van der Waals surface area contributed by atoms with Crippen molar-refractivity contribution in [3.05, 3.63) is 23.8 Å². The van der Waals surface area contributed by atoms with E-state index in [4.69, 9.17) is 0 Å². The van der Waals surface area contributed by atoms with E-state index in [1.54, 1.807) is 22.5 Å². The normalized spacial score (nSPS) is 17.2. The number of sulfonamides is 1. The second kappa shape index (κ2) is 10.5. The molecule has 0 spiro atoms. The molecule has 182 valence electrons. The number of amides is 2. The Balaban J connectivity index is 1.76. The van der Waals surface area contributed by atoms with Crippen LogP contribution in [0, 0.1) is 12.8 Å². The summed E-state index contributed by atoms with van der Waals surface area (Å²) in [4.78, 5) is 25.7. The summed E-state index contributed by atoms with van der Waals surface area (Å²) in [6, 6.07) is 0. The van der Waals surface area contributed by atoms with Crippen molar-refractivity contribution in [2.45, 2.75) is 64.9 Å². The zero-order chi connectivity index (χ0) is 24.2. The molecule has 0 aromatic carbocycles. The number of aromatic nitrogens is 4. The van der Waals surface area contributed by atoms with Gasteiger partial charge in [0, 0.05) is 45.1 Å². The van der Waals surface area contributed by atoms with Crippen molar-refractivity contribution in [3.63, 3.8) is 0 Å². The van der Waals surface area contributed by atoms with E-state index in [1.807, 2.05) is 20.8 Å². The molecule has 3 rings (SSSR count). The third-order valence-electron chi connectivity index (χ3n) is 5.69. The van der Waals surface area contributed by atoms with Crippen LogP contribution in [0.3, 0.4) is 0 Å². The molecule has 2 aromatic rings. The molecule has 1 aliphatic heterocycles. The largest absolute Gasteiger partial charge is 0.351 e. The van der Waals surface area contributed by atoms with Crippen LogP contribution in [-0.2, 0) is 27.9 Å². The molecule has 11 nitrogen and oxygen atoms in total. The van der Waals surface area contributed by atoms with Gasteiger partial charge in [-0.1, -0.05) is 6.92 Å². The molecule has 2 amide bonds. The van der Waals surface area contributed by atoms with Crippen molar-refractivity contribution < 1.29 is 18.0 Å². The molecule has 1 atom stereocenters. The SMILES string of the molecule is CCCNC(=O)c1nn(CC)cc1NC(=O)[C@@H]1CCCN(S(=O)(=O)c2cn(CC)nc2C)C1. The number of carbonyl (C=O) groups excluding carboxylic acids is 2. The molecule has 0 bridgehead atoms. The van der Waals surface area contributed by atoms with Gasteiger partial charge in [-0.3, -0.25) is 19.0 Å². The number of aryl methyl sites for hydroxylation is 3. The van der Waals surface area contributed by atoms with Gasteiger partial charge in [-0.15, -0.1) is 0 Å². The van der Waals surface area contributed by atoms with E-state index in [0.29, 0.717) is 50.4 Å². The number of anilines is 1. The highest BCUT2D eigenvalue weighted by atomic mass is 32.2. The van der Waals surface area contributed by atoms with Gasteiger partial charge in [0.25, 0.3) is 5.91 Å². The van der Waals surface area contributed by atoms with Crippen molar-refractivity contribution in [1.29, 1.82) is 0 Å². The molecule has 1 fully saturated rings. The lowest BCUT2D eigenvalue weighted by atomic mass is 9.99. The maximum atomic E-state index is 13.2. The average Bonchev–Trinajstić information content (AvgIpc) is 3.40. The summed E-state index contributed by atoms with van der Waals surface area (Å²) in [6.07, 6.45) is 5.07. The molecule has 33 heavy (non-hydrogen) atoms. The number of rotatable bonds is 9. The average molecular weight is 480 g/mol. The molecule has 1 aliphatic rings. The highest BCUT2D eigenvalue weighted by Crippen LogP contribution is 2.26. The minimum atomic E-state index is -3.76. The minimum absolute atomic E-state index is 0.0736. The van der Waals surface area contributed by atoms with Gasteiger partial charge in [-0.05, 0) is 40.0 Å². The molecule has 0 saturated carbocycles. The first-order chi connectivity index (χ1) is 15.7. The maximum Gasteiger partial charge on any atom is 0.273 e. The summed E-state index contributed by atoms with van der Waals surface area (Å²) in [6.45, 7) is 9.45. The van der Waals surface area contributed by atoms with E-state index in [0.717, 1.165) is 6.42 Å². The fourth-order valence-electron chi connectivity index (χ4n) is 3.83. The van der Waals surface area contributed by atoms with Gasteiger partial charge in [-0.25, -0.2) is 8.42 Å². The van der Waals surface area contributed by atoms with Crippen LogP contribution in [0.5, 0.6) is 0 Å². The minimum Gasteiger partial charge on any atom is -0.351 e. The van der Waals surface area contributed by atoms with E-state index >= 15 is 0 Å². The zero-order valence-electron chi connectivity index (χ0n) is 19.7. The van der Waals surface area contributed by atoms with Crippen LogP contribution >= 0.6 is 0 Å². The fraction of sp³-hybridized carbons (Fsp3) is 0.619. The van der Waals surface area contributed by atoms with Crippen LogP contribution in [0.25, 0.3) is 0 Å². The Kier molecular flexibility index (Phi) is 7.90. The van der Waals surface area contributed by atoms with Gasteiger partial charge in [0.15, 0.2) is 5.69 Å². The summed E-state index contributed by atoms with van der Waals surface area (Å²) in [5.41, 5.74) is 0.926. The molecule has 2 N–H and O–H groups in total. The lowest BCUT2D eigenvalue weighted by Crippen LogP contribution is -2.43. The van der Waals surface area contributed by atoms with Crippen LogP contribution in [0.1, 0.15) is 56.2 Å². The van der Waals surface area contributed by atoms with Crippen LogP contribution in [0.2, 0.25) is 0 Å². The van der Waals surface area contributed by atoms with E-state index in [9.17, 15) is 18.0 Å². The summed E-state index contributed by atoms with van der Waals surface area (Å²) >= 11 is 0. The molecule has 12 heteroatoms. The number of hydrogen-bond acceptors (Lipinski definition) is 6. The van der Waals surface area contributed by atoms with Crippen molar-refractivity contribution in [2.24, 2.45) is 5.92 Å². The van der Waals surface area contributed by atoms with E-state index in [1.165, 1.54) is 10.5 Å². The standard InChI is InChI=1S/C21H33N7O4S/c1-5-10-22-21(30)19-17(13-26(6-2)25-19)23-20(29)16-9-8-11-28(12-16)33(31,32)18-14-27(7-3)24-15(18)4/h13-14,16H,5-12H2,1-4H3,(H,22,30)(H,23,29)/t16-/m1/s1. The predicted octanol–water partition coefficient (Wildman–Crippen LogP) is 1.61. The van der Waals surface area contributed by atoms with Crippen LogP contribution in [0.15, 0.2) is 17.3 Å². The van der Waals surface area contributed by atoms with Gasteiger partial charge in [0.2, 0.25) is 15.9 Å². The van der Waals surface area contributed by atoms with Crippen LogP contribution < -0.4 is 10.6 Å². The van der Waals surface area contributed by atoms with Crippen LogP contribution in [0.4, 0.5) is 5.69 Å². The second-order valence-electron chi connectivity index (χ2n) is 8.13. The topological polar surface area (TPSA) is 131 Å². The molecule has 0 radical (unpaired) electrons. The smallest absolute Gasteiger partial charge is 0.273 e. The number of nitrogens with zero attached hydrogens (tertiary/aromatic N) is 5. The lowest BCUT2D eigenvalue weighted by molar-refractivity contribution is -0.120. The van der Waals surface area contributed by atoms with Gasteiger partial charge in [0.05, 0.1) is 17.3 Å². The molecule has 1 saturated heterocycles. The molecular weight excluding hydrogens is 446 g/mol. The Morgan fingerprint density at radius 1 is 1.12 bits per heavy atom. The summed E-state index contributed by atoms with van der Waals surface area (Å²) in [5.74, 6) is -1.21. The fourth-order valence-corrected chi connectivity index (χ4v) is 5.52. The zero-order valence-corrected chi connectivity index (χ0v) is 20.5. The van der Waals surface area contributed by atoms with E-state index in [-0.39, 0.29) is 28.9 Å². The van der Waals surface area contributed by atoms with Crippen molar-refractivity contribution in [1.82, 2.24) is 29.2 Å². The van der Waals surface area contributed by atoms with Gasteiger partial charge in [0.1, 0.15) is 4.90 Å². The number of hydrogen-bond donors (Lipinski definition) is 2. The van der Waals surface area contributed by atoms with Crippen molar-refractivity contribution in [3.8, 4) is 0 Å². The first kappa shape index (κ1) is 24.9. The lowest BCUT2D eigenvalue weighted by Gasteiger charge is -2.31. The Morgan fingerprint density at radius 3 is 2.45 bits per heavy atom. The number of carbonyl (C=O) groups is 2. The monoisotopic (exact) mass is 479 g/mol. The van der Waals surface area contributed by atoms with Gasteiger partial charge < -0.3 is 10.6 Å². The highest BCUT2D eigenvalue weighted by molar-refractivity contribution is 7.89. The Hall–Kier alpha value is -2.73. The molecule has 3 heterocycles. The Bertz CT molecular complexity index is 1110. The van der Waals surface area contributed by atoms with Crippen molar-refractivity contribution >= 4 is 27.5 Å².